The van der Waals surface area contributed by atoms with Crippen LogP contribution in [0.15, 0.2) is 47.4 Å². The summed E-state index contributed by atoms with van der Waals surface area (Å²) in [6, 6.07) is 11.1. The highest BCUT2D eigenvalue weighted by Crippen LogP contribution is 2.31. The highest BCUT2D eigenvalue weighted by atomic mass is 32.2. The van der Waals surface area contributed by atoms with E-state index in [1.165, 1.54) is 18.6 Å². The van der Waals surface area contributed by atoms with Gasteiger partial charge in [0.1, 0.15) is 0 Å². The summed E-state index contributed by atoms with van der Waals surface area (Å²) in [5, 5.41) is 11.0. The van der Waals surface area contributed by atoms with E-state index in [-0.39, 0.29) is 10.6 Å². The third kappa shape index (κ3) is 3.80. The zero-order chi connectivity index (χ0) is 18.7. The molecular weight excluding hydrogens is 354 g/mol. The fourth-order valence-corrected chi connectivity index (χ4v) is 4.50. The monoisotopic (exact) mass is 375 g/mol. The summed E-state index contributed by atoms with van der Waals surface area (Å²) in [4.78, 5) is 12.5. The molecule has 0 spiro atoms. The summed E-state index contributed by atoms with van der Waals surface area (Å²) < 4.78 is 28.4. The van der Waals surface area contributed by atoms with Crippen molar-refractivity contribution in [3.63, 3.8) is 0 Å². The summed E-state index contributed by atoms with van der Waals surface area (Å²) in [6.45, 7) is 3.39. The van der Waals surface area contributed by atoms with Crippen LogP contribution in [0, 0.1) is 17.0 Å². The van der Waals surface area contributed by atoms with Gasteiger partial charge in [0, 0.05) is 25.2 Å². The number of nitro benzene ring substituents is 1. The van der Waals surface area contributed by atoms with Crippen molar-refractivity contribution in [1.29, 1.82) is 0 Å². The molecule has 0 amide bonds. The number of nitro groups is 1. The zero-order valence-corrected chi connectivity index (χ0v) is 15.3. The molecule has 138 valence electrons. The SMILES string of the molecule is Cc1ccc([N+](=O)[O-])cc1S(=O)(=O)Nc1ccccc1N1CCCCC1. The zero-order valence-electron chi connectivity index (χ0n) is 14.5. The maximum Gasteiger partial charge on any atom is 0.270 e. The Balaban J connectivity index is 1.96. The van der Waals surface area contributed by atoms with E-state index in [0.717, 1.165) is 37.7 Å². The third-order valence-electron chi connectivity index (χ3n) is 4.52. The second kappa shape index (κ2) is 7.33. The van der Waals surface area contributed by atoms with Crippen LogP contribution in [0.4, 0.5) is 17.1 Å². The number of benzene rings is 2. The molecule has 2 aromatic carbocycles. The number of hydrogen-bond acceptors (Lipinski definition) is 5. The standard InChI is InChI=1S/C18H21N3O4S/c1-14-9-10-15(21(22)23)13-18(14)26(24,25)19-16-7-3-4-8-17(16)20-11-5-2-6-12-20/h3-4,7-10,13,19H,2,5-6,11-12H2,1H3. The van der Waals surface area contributed by atoms with Gasteiger partial charge in [0.25, 0.3) is 15.7 Å². The molecule has 1 heterocycles. The van der Waals surface area contributed by atoms with Gasteiger partial charge in [-0.3, -0.25) is 14.8 Å². The largest absolute Gasteiger partial charge is 0.370 e. The molecule has 0 radical (unpaired) electrons. The quantitative estimate of drug-likeness (QED) is 0.635. The van der Waals surface area contributed by atoms with Crippen molar-refractivity contribution in [3.8, 4) is 0 Å². The Labute approximate surface area is 152 Å². The van der Waals surface area contributed by atoms with Crippen LogP contribution >= 0.6 is 0 Å². The van der Waals surface area contributed by atoms with Crippen LogP contribution in [-0.2, 0) is 10.0 Å². The van der Waals surface area contributed by atoms with E-state index in [1.54, 1.807) is 19.1 Å². The lowest BCUT2D eigenvalue weighted by molar-refractivity contribution is -0.385. The van der Waals surface area contributed by atoms with E-state index >= 15 is 0 Å². The molecule has 0 saturated carbocycles. The van der Waals surface area contributed by atoms with Crippen LogP contribution in [0.1, 0.15) is 24.8 Å². The van der Waals surface area contributed by atoms with Crippen LogP contribution in [-0.4, -0.2) is 26.4 Å². The first-order chi connectivity index (χ1) is 12.4. The fourth-order valence-electron chi connectivity index (χ4n) is 3.16. The van der Waals surface area contributed by atoms with Gasteiger partial charge in [-0.25, -0.2) is 8.42 Å². The van der Waals surface area contributed by atoms with Crippen LogP contribution in [0.25, 0.3) is 0 Å². The minimum atomic E-state index is -3.94. The van der Waals surface area contributed by atoms with Crippen LogP contribution in [0.3, 0.4) is 0 Å². The number of piperidine rings is 1. The average Bonchev–Trinajstić information content (AvgIpc) is 2.62. The van der Waals surface area contributed by atoms with Crippen LogP contribution in [0.2, 0.25) is 0 Å². The Morgan fingerprint density at radius 2 is 1.77 bits per heavy atom. The molecule has 26 heavy (non-hydrogen) atoms. The molecule has 0 unspecified atom stereocenters. The van der Waals surface area contributed by atoms with Gasteiger partial charge in [-0.05, 0) is 43.9 Å². The van der Waals surface area contributed by atoms with Gasteiger partial charge < -0.3 is 4.90 Å². The average molecular weight is 375 g/mol. The van der Waals surface area contributed by atoms with Crippen LogP contribution in [0.5, 0.6) is 0 Å². The Hall–Kier alpha value is -2.61. The highest BCUT2D eigenvalue weighted by Gasteiger charge is 2.23. The number of nitrogens with one attached hydrogen (secondary N) is 1. The number of non-ortho nitro benzene ring substituents is 1. The molecule has 3 rings (SSSR count). The number of nitrogens with zero attached hydrogens (tertiary/aromatic N) is 2. The summed E-state index contributed by atoms with van der Waals surface area (Å²) in [5.41, 5.74) is 1.53. The first-order valence-corrected chi connectivity index (χ1v) is 9.98. The van der Waals surface area contributed by atoms with Gasteiger partial charge in [0.15, 0.2) is 0 Å². The predicted molar refractivity (Wildman–Crippen MR) is 101 cm³/mol. The van der Waals surface area contributed by atoms with E-state index in [1.807, 2.05) is 12.1 Å². The van der Waals surface area contributed by atoms with E-state index < -0.39 is 14.9 Å². The summed E-state index contributed by atoms with van der Waals surface area (Å²) in [7, 11) is -3.94. The number of anilines is 2. The Kier molecular flexibility index (Phi) is 5.13. The van der Waals surface area contributed by atoms with Gasteiger partial charge in [0.05, 0.1) is 21.2 Å². The molecule has 1 aliphatic heterocycles. The Morgan fingerprint density at radius 1 is 1.08 bits per heavy atom. The van der Waals surface area contributed by atoms with Crippen molar-refractivity contribution in [2.24, 2.45) is 0 Å². The molecule has 7 nitrogen and oxygen atoms in total. The topological polar surface area (TPSA) is 92.5 Å². The number of sulfonamides is 1. The van der Waals surface area contributed by atoms with Crippen molar-refractivity contribution >= 4 is 27.1 Å². The molecule has 2 aromatic rings. The van der Waals surface area contributed by atoms with Gasteiger partial charge in [0.2, 0.25) is 0 Å². The van der Waals surface area contributed by atoms with Gasteiger partial charge >= 0.3 is 0 Å². The molecular formula is C18H21N3O4S. The molecule has 0 aliphatic carbocycles. The van der Waals surface area contributed by atoms with Gasteiger partial charge in [-0.15, -0.1) is 0 Å². The van der Waals surface area contributed by atoms with Crippen LogP contribution < -0.4 is 9.62 Å². The third-order valence-corrected chi connectivity index (χ3v) is 6.02. The number of para-hydroxylation sites is 2. The van der Waals surface area contributed by atoms with E-state index in [4.69, 9.17) is 0 Å². The summed E-state index contributed by atoms with van der Waals surface area (Å²) in [6.07, 6.45) is 3.33. The molecule has 0 bridgehead atoms. The summed E-state index contributed by atoms with van der Waals surface area (Å²) >= 11 is 0. The highest BCUT2D eigenvalue weighted by molar-refractivity contribution is 7.92. The molecule has 1 fully saturated rings. The van der Waals surface area contributed by atoms with Crippen molar-refractivity contribution in [3.05, 3.63) is 58.1 Å². The number of hydrogen-bond donors (Lipinski definition) is 1. The smallest absolute Gasteiger partial charge is 0.270 e. The van der Waals surface area contributed by atoms with Crippen molar-refractivity contribution < 1.29 is 13.3 Å². The van der Waals surface area contributed by atoms with Crippen molar-refractivity contribution in [2.75, 3.05) is 22.7 Å². The molecule has 1 saturated heterocycles. The maximum absolute atomic E-state index is 12.9. The molecule has 1 aliphatic rings. The predicted octanol–water partition coefficient (Wildman–Crippen LogP) is 3.69. The lowest BCUT2D eigenvalue weighted by atomic mass is 10.1. The number of aryl methyl sites for hydroxylation is 1. The fraction of sp³-hybridized carbons (Fsp3) is 0.333. The number of rotatable bonds is 5. The second-order valence-corrected chi connectivity index (χ2v) is 8.03. The normalized spacial score (nSPS) is 14.9. The first kappa shape index (κ1) is 18.2. The Morgan fingerprint density at radius 3 is 2.46 bits per heavy atom. The van der Waals surface area contributed by atoms with Gasteiger partial charge in [-0.1, -0.05) is 18.2 Å². The lowest BCUT2D eigenvalue weighted by Crippen LogP contribution is -2.30. The van der Waals surface area contributed by atoms with Crippen molar-refractivity contribution in [2.45, 2.75) is 31.1 Å². The van der Waals surface area contributed by atoms with E-state index in [9.17, 15) is 18.5 Å². The molecule has 0 aromatic heterocycles. The van der Waals surface area contributed by atoms with Crippen molar-refractivity contribution in [1.82, 2.24) is 0 Å². The Bertz CT molecular complexity index is 922. The molecule has 1 N–H and O–H groups in total. The van der Waals surface area contributed by atoms with E-state index in [0.29, 0.717) is 11.3 Å². The van der Waals surface area contributed by atoms with Gasteiger partial charge in [-0.2, -0.15) is 0 Å². The van der Waals surface area contributed by atoms with E-state index in [2.05, 4.69) is 9.62 Å². The minimum Gasteiger partial charge on any atom is -0.370 e. The minimum absolute atomic E-state index is 0.0832. The molecule has 8 heteroatoms. The first-order valence-electron chi connectivity index (χ1n) is 8.50. The second-order valence-electron chi connectivity index (χ2n) is 6.38. The summed E-state index contributed by atoms with van der Waals surface area (Å²) in [5.74, 6) is 0. The maximum atomic E-state index is 12.9. The lowest BCUT2D eigenvalue weighted by Gasteiger charge is -2.30. The molecule has 0 atom stereocenters.